The van der Waals surface area contributed by atoms with E-state index in [1.54, 1.807) is 6.20 Å². The Morgan fingerprint density at radius 3 is 2.62 bits per heavy atom. The second-order valence-electron chi connectivity index (χ2n) is 6.78. The Hall–Kier alpha value is -1.56. The van der Waals surface area contributed by atoms with Crippen molar-refractivity contribution < 1.29 is 9.53 Å². The van der Waals surface area contributed by atoms with Crippen LogP contribution in [0.15, 0.2) is 12.3 Å². The van der Waals surface area contributed by atoms with Crippen molar-refractivity contribution in [3.05, 3.63) is 18.0 Å². The van der Waals surface area contributed by atoms with E-state index in [0.29, 0.717) is 6.04 Å². The summed E-state index contributed by atoms with van der Waals surface area (Å²) in [6, 6.07) is 2.91. The maximum absolute atomic E-state index is 11.7. The lowest BCUT2D eigenvalue weighted by molar-refractivity contribution is 0.0463. The molecule has 1 heterocycles. The summed E-state index contributed by atoms with van der Waals surface area (Å²) >= 11 is 0. The van der Waals surface area contributed by atoms with Crippen LogP contribution in [0.2, 0.25) is 0 Å². The minimum absolute atomic E-state index is 0.205. The summed E-state index contributed by atoms with van der Waals surface area (Å²) in [5.41, 5.74) is 0.720. The number of nitrogens with zero attached hydrogens (tertiary/aromatic N) is 2. The van der Waals surface area contributed by atoms with Gasteiger partial charge in [-0.25, -0.2) is 4.79 Å². The molecule has 0 aliphatic heterocycles. The molecular weight excluding hydrogens is 268 g/mol. The van der Waals surface area contributed by atoms with Gasteiger partial charge in [0, 0.05) is 31.4 Å². The second-order valence-corrected chi connectivity index (χ2v) is 6.78. The van der Waals surface area contributed by atoms with Crippen LogP contribution in [-0.4, -0.2) is 33.6 Å². The van der Waals surface area contributed by atoms with Gasteiger partial charge in [-0.1, -0.05) is 0 Å². The molecule has 1 unspecified atom stereocenters. The quantitative estimate of drug-likeness (QED) is 0.892. The monoisotopic (exact) mass is 294 g/mol. The number of carbonyl (C=O) groups is 1. The summed E-state index contributed by atoms with van der Waals surface area (Å²) in [4.78, 5) is 11.7. The van der Waals surface area contributed by atoms with Gasteiger partial charge >= 0.3 is 6.09 Å². The van der Waals surface area contributed by atoms with Gasteiger partial charge in [0.25, 0.3) is 0 Å². The fourth-order valence-electron chi connectivity index (χ4n) is 2.59. The maximum atomic E-state index is 11.7. The molecule has 1 aromatic heterocycles. The molecule has 118 valence electrons. The van der Waals surface area contributed by atoms with Crippen molar-refractivity contribution >= 4 is 6.09 Å². The molecule has 1 aliphatic carbocycles. The first-order valence-corrected chi connectivity index (χ1v) is 7.48. The number of hydrogen-bond acceptors (Lipinski definition) is 4. The Balaban J connectivity index is 1.70. The summed E-state index contributed by atoms with van der Waals surface area (Å²) in [5.74, 6) is 0. The summed E-state index contributed by atoms with van der Waals surface area (Å²) in [6.45, 7) is 7.74. The highest BCUT2D eigenvalue weighted by molar-refractivity contribution is 5.68. The standard InChI is InChI=1S/C15H26N4O2/c1-10(13-6-7-16-19(13)5)17-11-8-12(9-11)18-14(20)21-15(2,3)4/h6-7,10-12,17H,8-9H2,1-5H3,(H,18,20). The van der Waals surface area contributed by atoms with E-state index in [4.69, 9.17) is 4.74 Å². The third kappa shape index (κ3) is 4.46. The predicted molar refractivity (Wildman–Crippen MR) is 80.9 cm³/mol. The molecule has 1 amide bonds. The number of nitrogens with one attached hydrogen (secondary N) is 2. The number of ether oxygens (including phenoxy) is 1. The van der Waals surface area contributed by atoms with E-state index >= 15 is 0 Å². The Labute approximate surface area is 126 Å². The first-order chi connectivity index (χ1) is 9.74. The second kappa shape index (κ2) is 6.05. The zero-order valence-electron chi connectivity index (χ0n) is 13.5. The molecule has 0 saturated heterocycles. The molecule has 1 saturated carbocycles. The van der Waals surface area contributed by atoms with Crippen LogP contribution in [0.4, 0.5) is 4.79 Å². The van der Waals surface area contributed by atoms with Crippen LogP contribution in [0.3, 0.4) is 0 Å². The Morgan fingerprint density at radius 2 is 2.10 bits per heavy atom. The summed E-state index contributed by atoms with van der Waals surface area (Å²) in [7, 11) is 1.95. The van der Waals surface area contributed by atoms with Gasteiger partial charge in [0.05, 0.1) is 5.69 Å². The van der Waals surface area contributed by atoms with Crippen LogP contribution in [0.5, 0.6) is 0 Å². The van der Waals surface area contributed by atoms with E-state index in [1.807, 2.05) is 38.6 Å². The molecule has 21 heavy (non-hydrogen) atoms. The van der Waals surface area contributed by atoms with E-state index < -0.39 is 5.60 Å². The lowest BCUT2D eigenvalue weighted by atomic mass is 9.86. The van der Waals surface area contributed by atoms with Crippen molar-refractivity contribution in [2.24, 2.45) is 7.05 Å². The maximum Gasteiger partial charge on any atom is 0.407 e. The average molecular weight is 294 g/mol. The van der Waals surface area contributed by atoms with Crippen molar-refractivity contribution in [3.63, 3.8) is 0 Å². The van der Waals surface area contributed by atoms with Gasteiger partial charge in [0.15, 0.2) is 0 Å². The molecular formula is C15H26N4O2. The van der Waals surface area contributed by atoms with E-state index in [2.05, 4.69) is 22.7 Å². The lowest BCUT2D eigenvalue weighted by Crippen LogP contribution is -2.53. The zero-order valence-corrected chi connectivity index (χ0v) is 13.5. The van der Waals surface area contributed by atoms with Crippen LogP contribution < -0.4 is 10.6 Å². The van der Waals surface area contributed by atoms with Crippen molar-refractivity contribution in [2.45, 2.75) is 64.3 Å². The molecule has 0 radical (unpaired) electrons. The molecule has 1 atom stereocenters. The number of amides is 1. The first-order valence-electron chi connectivity index (χ1n) is 7.48. The summed E-state index contributed by atoms with van der Waals surface area (Å²) < 4.78 is 7.13. The van der Waals surface area contributed by atoms with E-state index in [-0.39, 0.29) is 18.2 Å². The minimum Gasteiger partial charge on any atom is -0.444 e. The predicted octanol–water partition coefficient (Wildman–Crippen LogP) is 2.13. The number of aromatic nitrogens is 2. The lowest BCUT2D eigenvalue weighted by Gasteiger charge is -2.38. The van der Waals surface area contributed by atoms with Gasteiger partial charge in [-0.3, -0.25) is 4.68 Å². The fraction of sp³-hybridized carbons (Fsp3) is 0.733. The molecule has 1 aromatic rings. The number of alkyl carbamates (subject to hydrolysis) is 1. The molecule has 6 nitrogen and oxygen atoms in total. The Kier molecular flexibility index (Phi) is 4.56. The van der Waals surface area contributed by atoms with Gasteiger partial charge in [-0.2, -0.15) is 5.10 Å². The van der Waals surface area contributed by atoms with Crippen LogP contribution in [0, 0.1) is 0 Å². The van der Waals surface area contributed by atoms with Crippen molar-refractivity contribution in [1.82, 2.24) is 20.4 Å². The highest BCUT2D eigenvalue weighted by atomic mass is 16.6. The number of rotatable bonds is 4. The number of carbonyl (C=O) groups excluding carboxylic acids is 1. The van der Waals surface area contributed by atoms with Crippen LogP contribution in [-0.2, 0) is 11.8 Å². The minimum atomic E-state index is -0.445. The van der Waals surface area contributed by atoms with Crippen LogP contribution in [0.25, 0.3) is 0 Å². The smallest absolute Gasteiger partial charge is 0.407 e. The Morgan fingerprint density at radius 1 is 1.43 bits per heavy atom. The third-order valence-corrected chi connectivity index (χ3v) is 3.65. The topological polar surface area (TPSA) is 68.2 Å². The van der Waals surface area contributed by atoms with E-state index in [9.17, 15) is 4.79 Å². The highest BCUT2D eigenvalue weighted by Gasteiger charge is 2.32. The summed E-state index contributed by atoms with van der Waals surface area (Å²) in [5, 5.41) is 10.6. The molecule has 1 aliphatic rings. The molecule has 2 N–H and O–H groups in total. The van der Waals surface area contributed by atoms with Crippen molar-refractivity contribution in [3.8, 4) is 0 Å². The molecule has 6 heteroatoms. The Bertz CT molecular complexity index is 486. The molecule has 1 fully saturated rings. The molecule has 0 aromatic carbocycles. The number of aryl methyl sites for hydroxylation is 1. The van der Waals surface area contributed by atoms with Gasteiger partial charge < -0.3 is 15.4 Å². The first kappa shape index (κ1) is 15.8. The van der Waals surface area contributed by atoms with Gasteiger partial charge in [-0.15, -0.1) is 0 Å². The fourth-order valence-corrected chi connectivity index (χ4v) is 2.59. The molecule has 2 rings (SSSR count). The largest absolute Gasteiger partial charge is 0.444 e. The van der Waals surface area contributed by atoms with Crippen LogP contribution >= 0.6 is 0 Å². The summed E-state index contributed by atoms with van der Waals surface area (Å²) in [6.07, 6.45) is 3.34. The third-order valence-electron chi connectivity index (χ3n) is 3.65. The average Bonchev–Trinajstić information content (AvgIpc) is 2.69. The van der Waals surface area contributed by atoms with Gasteiger partial charge in [0.2, 0.25) is 0 Å². The van der Waals surface area contributed by atoms with Crippen molar-refractivity contribution in [1.29, 1.82) is 0 Å². The normalized spacial score (nSPS) is 23.3. The van der Waals surface area contributed by atoms with Gasteiger partial charge in [0.1, 0.15) is 5.60 Å². The van der Waals surface area contributed by atoms with Crippen LogP contribution in [0.1, 0.15) is 52.3 Å². The van der Waals surface area contributed by atoms with E-state index in [0.717, 1.165) is 12.8 Å². The highest BCUT2D eigenvalue weighted by Crippen LogP contribution is 2.24. The SMILES string of the molecule is CC(NC1CC(NC(=O)OC(C)(C)C)C1)c1ccnn1C. The zero-order chi connectivity index (χ0) is 15.6. The molecule has 0 bridgehead atoms. The van der Waals surface area contributed by atoms with Crippen molar-refractivity contribution in [2.75, 3.05) is 0 Å². The van der Waals surface area contributed by atoms with E-state index in [1.165, 1.54) is 5.69 Å². The molecule has 0 spiro atoms. The number of hydrogen-bond donors (Lipinski definition) is 2. The van der Waals surface area contributed by atoms with Gasteiger partial charge in [-0.05, 0) is 46.6 Å².